The molecule has 2 N–H and O–H groups in total. The fourth-order valence-electron chi connectivity index (χ4n) is 5.66. The SMILES string of the molecule is C=CC(=O)N1CCN(c2nc(OCC3CC(C)C(C)N3C)nc3cc(-c4nc(N)ccc4C(F)(F)F)c(Cl)cc23)CC1. The molecular weight excluding hydrogens is 571 g/mol. The number of carbonyl (C=O) groups excluding carboxylic acids is 1. The van der Waals surface area contributed by atoms with Crippen LogP contribution in [0.4, 0.5) is 24.8 Å². The van der Waals surface area contributed by atoms with E-state index in [1.54, 1.807) is 11.0 Å². The van der Waals surface area contributed by atoms with Crippen molar-refractivity contribution in [3.63, 3.8) is 0 Å². The molecule has 0 saturated carbocycles. The quantitative estimate of drug-likeness (QED) is 0.398. The van der Waals surface area contributed by atoms with E-state index in [1.807, 2.05) is 4.90 Å². The number of alkyl halides is 3. The number of hydrogen-bond acceptors (Lipinski definition) is 8. The predicted octanol–water partition coefficient (Wildman–Crippen LogP) is 4.89. The van der Waals surface area contributed by atoms with Crippen molar-refractivity contribution >= 4 is 40.0 Å². The van der Waals surface area contributed by atoms with Crippen LogP contribution in [0.3, 0.4) is 0 Å². The minimum absolute atomic E-state index is 0.0407. The lowest BCUT2D eigenvalue weighted by Gasteiger charge is -2.35. The van der Waals surface area contributed by atoms with E-state index in [4.69, 9.17) is 27.1 Å². The first-order valence-corrected chi connectivity index (χ1v) is 14.1. The molecule has 1 amide bonds. The van der Waals surface area contributed by atoms with Gasteiger partial charge in [-0.2, -0.15) is 23.1 Å². The third kappa shape index (κ3) is 5.82. The average Bonchev–Trinajstić information content (AvgIpc) is 3.20. The Hall–Kier alpha value is -3.64. The van der Waals surface area contributed by atoms with Crippen LogP contribution in [0.15, 0.2) is 36.9 Å². The summed E-state index contributed by atoms with van der Waals surface area (Å²) in [6, 6.07) is 5.68. The van der Waals surface area contributed by atoms with Crippen molar-refractivity contribution in [2.24, 2.45) is 5.92 Å². The average molecular weight is 604 g/mol. The van der Waals surface area contributed by atoms with Crippen molar-refractivity contribution in [1.29, 1.82) is 0 Å². The van der Waals surface area contributed by atoms with Crippen LogP contribution in [0, 0.1) is 5.92 Å². The van der Waals surface area contributed by atoms with E-state index in [9.17, 15) is 18.0 Å². The number of ether oxygens (including phenoxy) is 1. The van der Waals surface area contributed by atoms with E-state index in [2.05, 4.69) is 42.3 Å². The summed E-state index contributed by atoms with van der Waals surface area (Å²) < 4.78 is 47.9. The molecule has 0 radical (unpaired) electrons. The Labute approximate surface area is 247 Å². The van der Waals surface area contributed by atoms with Gasteiger partial charge in [0.25, 0.3) is 0 Å². The number of amides is 1. The molecular formula is C29H33ClF3N7O2. The van der Waals surface area contributed by atoms with Crippen molar-refractivity contribution in [2.45, 2.75) is 38.5 Å². The van der Waals surface area contributed by atoms with Crippen LogP contribution in [0.1, 0.15) is 25.8 Å². The number of hydrogen-bond donors (Lipinski definition) is 1. The van der Waals surface area contributed by atoms with Crippen molar-refractivity contribution in [1.82, 2.24) is 24.8 Å². The lowest BCUT2D eigenvalue weighted by molar-refractivity contribution is -0.137. The van der Waals surface area contributed by atoms with Crippen LogP contribution >= 0.6 is 11.6 Å². The molecule has 2 aromatic heterocycles. The molecule has 3 atom stereocenters. The van der Waals surface area contributed by atoms with Gasteiger partial charge in [0.2, 0.25) is 5.91 Å². The number of nitrogens with two attached hydrogens (primary N) is 1. The fourth-order valence-corrected chi connectivity index (χ4v) is 5.91. The van der Waals surface area contributed by atoms with Gasteiger partial charge in [0.05, 0.1) is 21.8 Å². The van der Waals surface area contributed by atoms with Gasteiger partial charge in [0, 0.05) is 49.2 Å². The topological polar surface area (TPSA) is 101 Å². The lowest BCUT2D eigenvalue weighted by Crippen LogP contribution is -2.48. The van der Waals surface area contributed by atoms with E-state index >= 15 is 0 Å². The lowest BCUT2D eigenvalue weighted by atomic mass is 10.0. The van der Waals surface area contributed by atoms with Gasteiger partial charge >= 0.3 is 12.2 Å². The Balaban J connectivity index is 1.57. The summed E-state index contributed by atoms with van der Waals surface area (Å²) in [5.41, 5.74) is 4.82. The van der Waals surface area contributed by atoms with Gasteiger partial charge in [-0.05, 0) is 56.7 Å². The molecule has 3 unspecified atom stereocenters. The van der Waals surface area contributed by atoms with Crippen molar-refractivity contribution in [3.8, 4) is 17.3 Å². The van der Waals surface area contributed by atoms with Crippen LogP contribution in [0.25, 0.3) is 22.2 Å². The highest BCUT2D eigenvalue weighted by Crippen LogP contribution is 2.41. The molecule has 2 aliphatic rings. The summed E-state index contributed by atoms with van der Waals surface area (Å²) in [6.07, 6.45) is -2.44. The molecule has 0 bridgehead atoms. The maximum atomic E-state index is 13.9. The zero-order valence-corrected chi connectivity index (χ0v) is 24.4. The van der Waals surface area contributed by atoms with Gasteiger partial charge in [-0.1, -0.05) is 25.1 Å². The first-order valence-electron chi connectivity index (χ1n) is 13.7. The monoisotopic (exact) mass is 603 g/mol. The van der Waals surface area contributed by atoms with Gasteiger partial charge in [0.15, 0.2) is 0 Å². The third-order valence-electron chi connectivity index (χ3n) is 8.38. The summed E-state index contributed by atoms with van der Waals surface area (Å²) in [5.74, 6) is 0.799. The second-order valence-corrected chi connectivity index (χ2v) is 11.3. The second-order valence-electron chi connectivity index (χ2n) is 10.9. The molecule has 0 aliphatic carbocycles. The van der Waals surface area contributed by atoms with Crippen LogP contribution in [0.5, 0.6) is 6.01 Å². The second kappa shape index (κ2) is 11.6. The van der Waals surface area contributed by atoms with Crippen LogP contribution in [-0.4, -0.2) is 82.6 Å². The number of anilines is 2. The number of rotatable bonds is 6. The summed E-state index contributed by atoms with van der Waals surface area (Å²) in [4.78, 5) is 31.4. The highest BCUT2D eigenvalue weighted by molar-refractivity contribution is 6.34. The number of fused-ring (bicyclic) bond motifs is 1. The van der Waals surface area contributed by atoms with Crippen molar-refractivity contribution in [2.75, 3.05) is 50.5 Å². The zero-order chi connectivity index (χ0) is 30.3. The van der Waals surface area contributed by atoms with Gasteiger partial charge in [-0.3, -0.25) is 9.69 Å². The van der Waals surface area contributed by atoms with E-state index in [1.165, 1.54) is 12.1 Å². The smallest absolute Gasteiger partial charge is 0.418 e. The number of nitrogens with zero attached hydrogens (tertiary/aromatic N) is 6. The normalized spacial score (nSPS) is 21.6. The maximum absolute atomic E-state index is 13.9. The molecule has 2 fully saturated rings. The summed E-state index contributed by atoms with van der Waals surface area (Å²) in [6.45, 7) is 10.1. The van der Waals surface area contributed by atoms with Crippen LogP contribution in [-0.2, 0) is 11.0 Å². The molecule has 5 rings (SSSR count). The Morgan fingerprint density at radius 1 is 1.17 bits per heavy atom. The number of nitrogen functional groups attached to an aromatic ring is 1. The first kappa shape index (κ1) is 29.8. The van der Waals surface area contributed by atoms with E-state index in [0.29, 0.717) is 61.5 Å². The van der Waals surface area contributed by atoms with E-state index in [0.717, 1.165) is 18.6 Å². The molecule has 13 heteroatoms. The number of likely N-dealkylation sites (tertiary alicyclic amines) is 1. The number of likely N-dealkylation sites (N-methyl/N-ethyl adjacent to an activating group) is 1. The first-order chi connectivity index (χ1) is 19.9. The molecule has 3 aromatic rings. The number of halogens is 4. The van der Waals surface area contributed by atoms with Gasteiger partial charge in [0.1, 0.15) is 18.2 Å². The predicted molar refractivity (Wildman–Crippen MR) is 156 cm³/mol. The van der Waals surface area contributed by atoms with Gasteiger partial charge in [-0.15, -0.1) is 0 Å². The Morgan fingerprint density at radius 3 is 2.50 bits per heavy atom. The number of pyridine rings is 1. The summed E-state index contributed by atoms with van der Waals surface area (Å²) in [7, 11) is 2.06. The Kier molecular flexibility index (Phi) is 8.21. The van der Waals surface area contributed by atoms with Crippen molar-refractivity contribution < 1.29 is 22.7 Å². The van der Waals surface area contributed by atoms with Crippen LogP contribution < -0.4 is 15.4 Å². The minimum atomic E-state index is -4.68. The van der Waals surface area contributed by atoms with Crippen molar-refractivity contribution in [3.05, 3.63) is 47.5 Å². The van der Waals surface area contributed by atoms with Crippen LogP contribution in [0.2, 0.25) is 5.02 Å². The molecule has 224 valence electrons. The number of carbonyl (C=O) groups is 1. The molecule has 0 spiro atoms. The molecule has 42 heavy (non-hydrogen) atoms. The molecule has 9 nitrogen and oxygen atoms in total. The number of aromatic nitrogens is 3. The minimum Gasteiger partial charge on any atom is -0.462 e. The fraction of sp³-hybridized carbons (Fsp3) is 0.448. The third-order valence-corrected chi connectivity index (χ3v) is 8.69. The Bertz CT molecular complexity index is 1510. The number of piperazine rings is 1. The highest BCUT2D eigenvalue weighted by atomic mass is 35.5. The van der Waals surface area contributed by atoms with Gasteiger partial charge < -0.3 is 20.3 Å². The van der Waals surface area contributed by atoms with E-state index in [-0.39, 0.29) is 40.1 Å². The molecule has 2 aliphatic heterocycles. The molecule has 4 heterocycles. The highest BCUT2D eigenvalue weighted by Gasteiger charge is 2.36. The maximum Gasteiger partial charge on any atom is 0.418 e. The van der Waals surface area contributed by atoms with Gasteiger partial charge in [-0.25, -0.2) is 4.98 Å². The zero-order valence-electron chi connectivity index (χ0n) is 23.7. The standard InChI is InChI=1S/C29H33ClF3N7O2/c1-5-25(41)39-8-10-40(11-9-39)27-20-13-22(30)19(26-21(29(31,32)33)6-7-24(34)36-26)14-23(20)35-28(37-27)42-15-18-12-16(2)17(3)38(18)4/h5-7,13-14,16-18H,1,8-12,15H2,2-4H3,(H2,34,36). The molecule has 1 aromatic carbocycles. The summed E-state index contributed by atoms with van der Waals surface area (Å²) in [5, 5.41) is 0.581. The number of benzene rings is 1. The largest absolute Gasteiger partial charge is 0.462 e. The molecule has 2 saturated heterocycles. The van der Waals surface area contributed by atoms with E-state index < -0.39 is 11.7 Å². The summed E-state index contributed by atoms with van der Waals surface area (Å²) >= 11 is 6.61. The Morgan fingerprint density at radius 2 is 1.88 bits per heavy atom.